The Balaban J connectivity index is 2.55. The number of methoxy groups -OCH3 is 2. The lowest BCUT2D eigenvalue weighted by Gasteiger charge is -2.12. The third-order valence-electron chi connectivity index (χ3n) is 2.61. The van der Waals surface area contributed by atoms with Gasteiger partial charge in [0.05, 0.1) is 25.6 Å². The van der Waals surface area contributed by atoms with E-state index >= 15 is 0 Å². The SMILES string of the molecule is COc1cccc(-c2cc(NN)ccn2)c1OC. The van der Waals surface area contributed by atoms with Gasteiger partial charge in [0.15, 0.2) is 11.5 Å². The first-order chi connectivity index (χ1) is 8.80. The summed E-state index contributed by atoms with van der Waals surface area (Å²) in [5, 5.41) is 0. The molecular formula is C13H15N3O2. The van der Waals surface area contributed by atoms with Gasteiger partial charge in [-0.05, 0) is 24.3 Å². The van der Waals surface area contributed by atoms with Crippen LogP contribution in [0.4, 0.5) is 5.69 Å². The summed E-state index contributed by atoms with van der Waals surface area (Å²) in [5.41, 5.74) is 4.99. The lowest BCUT2D eigenvalue weighted by Crippen LogP contribution is -2.06. The normalized spacial score (nSPS) is 9.94. The molecule has 0 aliphatic rings. The van der Waals surface area contributed by atoms with Crippen LogP contribution in [0.3, 0.4) is 0 Å². The van der Waals surface area contributed by atoms with Crippen molar-refractivity contribution in [2.75, 3.05) is 19.6 Å². The van der Waals surface area contributed by atoms with Gasteiger partial charge < -0.3 is 14.9 Å². The quantitative estimate of drug-likeness (QED) is 0.637. The van der Waals surface area contributed by atoms with Crippen molar-refractivity contribution in [1.82, 2.24) is 4.98 Å². The summed E-state index contributed by atoms with van der Waals surface area (Å²) in [6.07, 6.45) is 1.68. The molecule has 0 atom stereocenters. The molecule has 0 bridgehead atoms. The number of aromatic nitrogens is 1. The van der Waals surface area contributed by atoms with Crippen molar-refractivity contribution in [3.05, 3.63) is 36.5 Å². The van der Waals surface area contributed by atoms with E-state index in [4.69, 9.17) is 15.3 Å². The number of nitrogens with one attached hydrogen (secondary N) is 1. The van der Waals surface area contributed by atoms with Crippen molar-refractivity contribution in [2.24, 2.45) is 5.84 Å². The average molecular weight is 245 g/mol. The molecule has 1 aromatic carbocycles. The highest BCUT2D eigenvalue weighted by Crippen LogP contribution is 2.37. The van der Waals surface area contributed by atoms with Crippen LogP contribution < -0.4 is 20.7 Å². The second-order valence-electron chi connectivity index (χ2n) is 3.62. The minimum Gasteiger partial charge on any atom is -0.493 e. The van der Waals surface area contributed by atoms with Gasteiger partial charge in [0.2, 0.25) is 0 Å². The molecule has 0 unspecified atom stereocenters. The summed E-state index contributed by atoms with van der Waals surface area (Å²) in [6.45, 7) is 0. The Kier molecular flexibility index (Phi) is 3.64. The predicted molar refractivity (Wildman–Crippen MR) is 70.6 cm³/mol. The fourth-order valence-corrected chi connectivity index (χ4v) is 1.76. The predicted octanol–water partition coefficient (Wildman–Crippen LogP) is 2.05. The minimum atomic E-state index is 0.654. The fraction of sp³-hybridized carbons (Fsp3) is 0.154. The van der Waals surface area contributed by atoms with E-state index in [9.17, 15) is 0 Å². The number of ether oxygens (including phenoxy) is 2. The van der Waals surface area contributed by atoms with Gasteiger partial charge in [-0.15, -0.1) is 0 Å². The van der Waals surface area contributed by atoms with Crippen LogP contribution in [0.15, 0.2) is 36.5 Å². The van der Waals surface area contributed by atoms with E-state index in [0.717, 1.165) is 16.9 Å². The summed E-state index contributed by atoms with van der Waals surface area (Å²) in [5.74, 6) is 6.71. The average Bonchev–Trinajstić information content (AvgIpc) is 2.46. The molecule has 18 heavy (non-hydrogen) atoms. The van der Waals surface area contributed by atoms with E-state index in [0.29, 0.717) is 11.5 Å². The molecule has 3 N–H and O–H groups in total. The van der Waals surface area contributed by atoms with Crippen molar-refractivity contribution >= 4 is 5.69 Å². The number of hydrogen-bond donors (Lipinski definition) is 2. The first kappa shape index (κ1) is 12.2. The summed E-state index contributed by atoms with van der Waals surface area (Å²) in [7, 11) is 3.21. The fourth-order valence-electron chi connectivity index (χ4n) is 1.76. The molecule has 0 radical (unpaired) electrons. The van der Waals surface area contributed by atoms with Gasteiger partial charge in [-0.2, -0.15) is 0 Å². The lowest BCUT2D eigenvalue weighted by atomic mass is 10.1. The maximum absolute atomic E-state index is 5.39. The zero-order chi connectivity index (χ0) is 13.0. The Morgan fingerprint density at radius 3 is 2.67 bits per heavy atom. The number of rotatable bonds is 4. The largest absolute Gasteiger partial charge is 0.493 e. The molecule has 1 aromatic heterocycles. The maximum atomic E-state index is 5.39. The van der Waals surface area contributed by atoms with Crippen LogP contribution in [0.2, 0.25) is 0 Å². The van der Waals surface area contributed by atoms with Crippen molar-refractivity contribution in [1.29, 1.82) is 0 Å². The third kappa shape index (κ3) is 2.21. The van der Waals surface area contributed by atoms with Gasteiger partial charge in [0, 0.05) is 11.8 Å². The molecule has 2 rings (SSSR count). The zero-order valence-electron chi connectivity index (χ0n) is 10.3. The van der Waals surface area contributed by atoms with Gasteiger partial charge in [-0.25, -0.2) is 0 Å². The Morgan fingerprint density at radius 2 is 2.00 bits per heavy atom. The zero-order valence-corrected chi connectivity index (χ0v) is 10.3. The van der Waals surface area contributed by atoms with Crippen LogP contribution in [-0.4, -0.2) is 19.2 Å². The van der Waals surface area contributed by atoms with E-state index < -0.39 is 0 Å². The first-order valence-corrected chi connectivity index (χ1v) is 5.44. The Morgan fingerprint density at radius 1 is 1.17 bits per heavy atom. The lowest BCUT2D eigenvalue weighted by molar-refractivity contribution is 0.356. The molecule has 0 amide bonds. The first-order valence-electron chi connectivity index (χ1n) is 5.44. The third-order valence-corrected chi connectivity index (χ3v) is 2.61. The molecule has 5 heteroatoms. The molecule has 0 aliphatic heterocycles. The Labute approximate surface area is 106 Å². The van der Waals surface area contributed by atoms with Gasteiger partial charge in [0.1, 0.15) is 0 Å². The number of para-hydroxylation sites is 1. The molecule has 0 spiro atoms. The minimum absolute atomic E-state index is 0.654. The van der Waals surface area contributed by atoms with Gasteiger partial charge >= 0.3 is 0 Å². The van der Waals surface area contributed by atoms with Gasteiger partial charge in [-0.1, -0.05) is 6.07 Å². The summed E-state index contributed by atoms with van der Waals surface area (Å²) in [6, 6.07) is 9.28. The molecule has 2 aromatic rings. The second kappa shape index (κ2) is 5.37. The molecule has 0 fully saturated rings. The number of hydrazine groups is 1. The molecule has 5 nitrogen and oxygen atoms in total. The van der Waals surface area contributed by atoms with Crippen molar-refractivity contribution in [3.63, 3.8) is 0 Å². The van der Waals surface area contributed by atoms with E-state index in [1.165, 1.54) is 0 Å². The van der Waals surface area contributed by atoms with Crippen LogP contribution >= 0.6 is 0 Å². The molecule has 0 saturated heterocycles. The number of benzene rings is 1. The van der Waals surface area contributed by atoms with Crippen molar-refractivity contribution < 1.29 is 9.47 Å². The number of nitrogens with zero attached hydrogens (tertiary/aromatic N) is 1. The van der Waals surface area contributed by atoms with Gasteiger partial charge in [-0.3, -0.25) is 10.8 Å². The summed E-state index contributed by atoms with van der Waals surface area (Å²) < 4.78 is 10.6. The number of nitrogen functional groups attached to an aromatic ring is 1. The van der Waals surface area contributed by atoms with Crippen LogP contribution in [0, 0.1) is 0 Å². The van der Waals surface area contributed by atoms with Crippen molar-refractivity contribution in [3.8, 4) is 22.8 Å². The van der Waals surface area contributed by atoms with Crippen LogP contribution in [0.5, 0.6) is 11.5 Å². The number of nitrogens with two attached hydrogens (primary N) is 1. The molecular weight excluding hydrogens is 230 g/mol. The highest BCUT2D eigenvalue weighted by atomic mass is 16.5. The molecule has 0 aliphatic carbocycles. The van der Waals surface area contributed by atoms with E-state index in [-0.39, 0.29) is 0 Å². The molecule has 0 saturated carbocycles. The van der Waals surface area contributed by atoms with Gasteiger partial charge in [0.25, 0.3) is 0 Å². The number of anilines is 1. The second-order valence-corrected chi connectivity index (χ2v) is 3.62. The Bertz CT molecular complexity index is 544. The number of pyridine rings is 1. The van der Waals surface area contributed by atoms with E-state index in [1.807, 2.05) is 24.3 Å². The van der Waals surface area contributed by atoms with Crippen LogP contribution in [-0.2, 0) is 0 Å². The highest BCUT2D eigenvalue weighted by Gasteiger charge is 2.12. The standard InChI is InChI=1S/C13H15N3O2/c1-17-12-5-3-4-10(13(12)18-2)11-8-9(16-14)6-7-15-11/h3-8H,14H2,1-2H3,(H,15,16). The number of hydrogen-bond acceptors (Lipinski definition) is 5. The summed E-state index contributed by atoms with van der Waals surface area (Å²) >= 11 is 0. The smallest absolute Gasteiger partial charge is 0.170 e. The highest BCUT2D eigenvalue weighted by molar-refractivity contribution is 5.73. The topological polar surface area (TPSA) is 69.4 Å². The van der Waals surface area contributed by atoms with E-state index in [2.05, 4.69) is 10.4 Å². The Hall–Kier alpha value is -2.27. The van der Waals surface area contributed by atoms with E-state index in [1.54, 1.807) is 26.5 Å². The monoisotopic (exact) mass is 245 g/mol. The maximum Gasteiger partial charge on any atom is 0.170 e. The van der Waals surface area contributed by atoms with Crippen molar-refractivity contribution in [2.45, 2.75) is 0 Å². The summed E-state index contributed by atoms with van der Waals surface area (Å²) in [4.78, 5) is 4.31. The van der Waals surface area contributed by atoms with Crippen LogP contribution in [0.1, 0.15) is 0 Å². The molecule has 1 heterocycles. The van der Waals surface area contributed by atoms with Crippen LogP contribution in [0.25, 0.3) is 11.3 Å². The molecule has 94 valence electrons.